The number of hydrogen-bond acceptors (Lipinski definition) is 2. The quantitative estimate of drug-likeness (QED) is 0.509. The molecule has 0 radical (unpaired) electrons. The first-order valence-corrected chi connectivity index (χ1v) is 9.74. The highest BCUT2D eigenvalue weighted by molar-refractivity contribution is 5.96. The SMILES string of the molecule is O=C1C[C@@H](c2nc3ccccc3n2Cc2ccccc2F)CN1c1ccccc1. The number of halogens is 1. The second-order valence-electron chi connectivity index (χ2n) is 7.38. The number of rotatable bonds is 4. The predicted octanol–water partition coefficient (Wildman–Crippen LogP) is 4.74. The molecule has 1 amide bonds. The van der Waals surface area contributed by atoms with Crippen molar-refractivity contribution in [3.63, 3.8) is 0 Å². The van der Waals surface area contributed by atoms with Gasteiger partial charge in [0.15, 0.2) is 0 Å². The molecule has 0 unspecified atom stereocenters. The van der Waals surface area contributed by atoms with Crippen LogP contribution in [0.2, 0.25) is 0 Å². The number of carbonyl (C=O) groups excluding carboxylic acids is 1. The highest BCUT2D eigenvalue weighted by atomic mass is 19.1. The molecule has 0 saturated carbocycles. The van der Waals surface area contributed by atoms with E-state index in [1.54, 1.807) is 12.1 Å². The lowest BCUT2D eigenvalue weighted by Crippen LogP contribution is -2.24. The fraction of sp³-hybridized carbons (Fsp3) is 0.167. The van der Waals surface area contributed by atoms with Gasteiger partial charge in [0.25, 0.3) is 0 Å². The summed E-state index contributed by atoms with van der Waals surface area (Å²) in [5, 5.41) is 0. The molecule has 1 atom stereocenters. The zero-order valence-electron chi connectivity index (χ0n) is 15.8. The molecular formula is C24H20FN3O. The Balaban J connectivity index is 1.55. The summed E-state index contributed by atoms with van der Waals surface area (Å²) >= 11 is 0. The number of para-hydroxylation sites is 3. The monoisotopic (exact) mass is 385 g/mol. The molecule has 2 heterocycles. The van der Waals surface area contributed by atoms with E-state index in [9.17, 15) is 9.18 Å². The molecule has 1 fully saturated rings. The average Bonchev–Trinajstić information content (AvgIpc) is 3.31. The van der Waals surface area contributed by atoms with Crippen molar-refractivity contribution in [2.24, 2.45) is 0 Å². The van der Waals surface area contributed by atoms with Gasteiger partial charge in [0.05, 0.1) is 17.6 Å². The van der Waals surface area contributed by atoms with Gasteiger partial charge in [-0.15, -0.1) is 0 Å². The molecule has 29 heavy (non-hydrogen) atoms. The fourth-order valence-electron chi connectivity index (χ4n) is 4.11. The maximum Gasteiger partial charge on any atom is 0.227 e. The largest absolute Gasteiger partial charge is 0.323 e. The second-order valence-corrected chi connectivity index (χ2v) is 7.38. The van der Waals surface area contributed by atoms with Crippen LogP contribution in [0.25, 0.3) is 11.0 Å². The fourth-order valence-corrected chi connectivity index (χ4v) is 4.11. The van der Waals surface area contributed by atoms with E-state index in [4.69, 9.17) is 4.98 Å². The Hall–Kier alpha value is -3.47. The van der Waals surface area contributed by atoms with Crippen molar-refractivity contribution in [3.8, 4) is 0 Å². The lowest BCUT2D eigenvalue weighted by atomic mass is 10.1. The van der Waals surface area contributed by atoms with Crippen LogP contribution < -0.4 is 4.90 Å². The Morgan fingerprint density at radius 2 is 1.66 bits per heavy atom. The summed E-state index contributed by atoms with van der Waals surface area (Å²) in [7, 11) is 0. The van der Waals surface area contributed by atoms with Crippen LogP contribution in [0.15, 0.2) is 78.9 Å². The van der Waals surface area contributed by atoms with Crippen LogP contribution in [0.5, 0.6) is 0 Å². The van der Waals surface area contributed by atoms with E-state index in [2.05, 4.69) is 4.57 Å². The van der Waals surface area contributed by atoms with Gasteiger partial charge in [0.2, 0.25) is 5.91 Å². The summed E-state index contributed by atoms with van der Waals surface area (Å²) in [5.74, 6) is 0.651. The van der Waals surface area contributed by atoms with Crippen molar-refractivity contribution in [1.29, 1.82) is 0 Å². The molecular weight excluding hydrogens is 365 g/mol. The lowest BCUT2D eigenvalue weighted by molar-refractivity contribution is -0.117. The molecule has 0 bridgehead atoms. The van der Waals surface area contributed by atoms with Crippen molar-refractivity contribution in [2.45, 2.75) is 18.9 Å². The van der Waals surface area contributed by atoms with Crippen LogP contribution in [0.3, 0.4) is 0 Å². The average molecular weight is 385 g/mol. The normalized spacial score (nSPS) is 16.7. The summed E-state index contributed by atoms with van der Waals surface area (Å²) < 4.78 is 16.4. The maximum absolute atomic E-state index is 14.3. The number of benzene rings is 3. The van der Waals surface area contributed by atoms with E-state index in [0.29, 0.717) is 25.1 Å². The van der Waals surface area contributed by atoms with Gasteiger partial charge in [-0.25, -0.2) is 9.37 Å². The van der Waals surface area contributed by atoms with Gasteiger partial charge in [0, 0.05) is 30.1 Å². The number of imidazole rings is 1. The summed E-state index contributed by atoms with van der Waals surface area (Å²) in [6.45, 7) is 0.960. The van der Waals surface area contributed by atoms with Crippen LogP contribution in [-0.2, 0) is 11.3 Å². The first-order valence-electron chi connectivity index (χ1n) is 9.74. The summed E-state index contributed by atoms with van der Waals surface area (Å²) in [6, 6.07) is 24.4. The molecule has 144 valence electrons. The van der Waals surface area contributed by atoms with E-state index < -0.39 is 0 Å². The zero-order valence-corrected chi connectivity index (χ0v) is 15.8. The van der Waals surface area contributed by atoms with Gasteiger partial charge in [-0.2, -0.15) is 0 Å². The van der Waals surface area contributed by atoms with Gasteiger partial charge in [-0.1, -0.05) is 48.5 Å². The third-order valence-corrected chi connectivity index (χ3v) is 5.53. The number of hydrogen-bond donors (Lipinski definition) is 0. The van der Waals surface area contributed by atoms with Crippen molar-refractivity contribution >= 4 is 22.6 Å². The molecule has 3 aromatic carbocycles. The van der Waals surface area contributed by atoms with E-state index in [-0.39, 0.29) is 17.6 Å². The Kier molecular flexibility index (Phi) is 4.35. The lowest BCUT2D eigenvalue weighted by Gasteiger charge is -2.17. The zero-order chi connectivity index (χ0) is 19.8. The van der Waals surface area contributed by atoms with Gasteiger partial charge < -0.3 is 9.47 Å². The van der Waals surface area contributed by atoms with Crippen LogP contribution in [0.1, 0.15) is 23.7 Å². The Bertz CT molecular complexity index is 1190. The maximum atomic E-state index is 14.3. The molecule has 1 aliphatic heterocycles. The summed E-state index contributed by atoms with van der Waals surface area (Å²) in [4.78, 5) is 19.4. The van der Waals surface area contributed by atoms with Gasteiger partial charge in [0.1, 0.15) is 11.6 Å². The number of carbonyl (C=O) groups is 1. The Morgan fingerprint density at radius 1 is 0.931 bits per heavy atom. The summed E-state index contributed by atoms with van der Waals surface area (Å²) in [6.07, 6.45) is 0.398. The van der Waals surface area contributed by atoms with Crippen molar-refractivity contribution in [3.05, 3.63) is 96.1 Å². The first-order chi connectivity index (χ1) is 14.2. The van der Waals surface area contributed by atoms with E-state index >= 15 is 0 Å². The number of anilines is 1. The van der Waals surface area contributed by atoms with Crippen LogP contribution in [-0.4, -0.2) is 22.0 Å². The number of aromatic nitrogens is 2. The van der Waals surface area contributed by atoms with Gasteiger partial charge in [-0.05, 0) is 30.3 Å². The van der Waals surface area contributed by atoms with E-state index in [1.165, 1.54) is 6.07 Å². The Morgan fingerprint density at radius 3 is 2.48 bits per heavy atom. The van der Waals surface area contributed by atoms with E-state index in [0.717, 1.165) is 22.5 Å². The number of nitrogens with zero attached hydrogens (tertiary/aromatic N) is 3. The van der Waals surface area contributed by atoms with Crippen molar-refractivity contribution < 1.29 is 9.18 Å². The third kappa shape index (κ3) is 3.18. The van der Waals surface area contributed by atoms with Crippen LogP contribution in [0, 0.1) is 5.82 Å². The molecule has 1 aromatic heterocycles. The molecule has 5 rings (SSSR count). The van der Waals surface area contributed by atoms with Crippen LogP contribution >= 0.6 is 0 Å². The topological polar surface area (TPSA) is 38.1 Å². The summed E-state index contributed by atoms with van der Waals surface area (Å²) in [5.41, 5.74) is 3.33. The molecule has 4 nitrogen and oxygen atoms in total. The Labute approximate surface area is 168 Å². The third-order valence-electron chi connectivity index (χ3n) is 5.53. The van der Waals surface area contributed by atoms with E-state index in [1.807, 2.05) is 65.6 Å². The van der Waals surface area contributed by atoms with Crippen LogP contribution in [0.4, 0.5) is 10.1 Å². The minimum absolute atomic E-state index is 0.0399. The predicted molar refractivity (Wildman–Crippen MR) is 111 cm³/mol. The molecule has 1 aliphatic rings. The molecule has 0 N–H and O–H groups in total. The second kappa shape index (κ2) is 7.17. The standard InChI is InChI=1S/C24H20FN3O/c25-20-11-5-4-8-17(20)15-28-22-13-7-6-12-21(22)26-24(28)18-14-23(29)27(16-18)19-9-2-1-3-10-19/h1-13,18H,14-16H2/t18-/m1/s1. The highest BCUT2D eigenvalue weighted by Crippen LogP contribution is 2.33. The van der Waals surface area contributed by atoms with Crippen molar-refractivity contribution in [2.75, 3.05) is 11.4 Å². The van der Waals surface area contributed by atoms with Crippen molar-refractivity contribution in [1.82, 2.24) is 9.55 Å². The molecule has 5 heteroatoms. The van der Waals surface area contributed by atoms with Gasteiger partial charge in [-0.3, -0.25) is 4.79 Å². The first kappa shape index (κ1) is 17.6. The molecule has 1 saturated heterocycles. The highest BCUT2D eigenvalue weighted by Gasteiger charge is 2.34. The van der Waals surface area contributed by atoms with Gasteiger partial charge >= 0.3 is 0 Å². The number of amides is 1. The molecule has 0 spiro atoms. The minimum atomic E-state index is -0.232. The smallest absolute Gasteiger partial charge is 0.227 e. The number of fused-ring (bicyclic) bond motifs is 1. The minimum Gasteiger partial charge on any atom is -0.323 e. The molecule has 0 aliphatic carbocycles. The molecule has 4 aromatic rings.